The number of carbonyl (C=O) groups excluding carboxylic acids is 1. The van der Waals surface area contributed by atoms with Crippen LogP contribution in [0, 0.1) is 0 Å². The second kappa shape index (κ2) is 2.14. The van der Waals surface area contributed by atoms with Crippen LogP contribution < -0.4 is 5.73 Å². The van der Waals surface area contributed by atoms with E-state index >= 15 is 0 Å². The predicted molar refractivity (Wildman–Crippen MR) is 33.1 cm³/mol. The van der Waals surface area contributed by atoms with Crippen LogP contribution in [0.1, 0.15) is 13.3 Å². The minimum atomic E-state index is -2.92. The van der Waals surface area contributed by atoms with Crippen LogP contribution in [0.4, 0.5) is 8.78 Å². The molecular weight excluding hydrogens is 156 g/mol. The summed E-state index contributed by atoms with van der Waals surface area (Å²) >= 11 is 0. The highest BCUT2D eigenvalue weighted by atomic mass is 19.3. The number of halogens is 2. The molecule has 0 spiro atoms. The average Bonchev–Trinajstić information content (AvgIpc) is 2.33. The first kappa shape index (κ1) is 8.39. The quantitative estimate of drug-likeness (QED) is 0.598. The molecular formula is C6H9F2NO2. The molecule has 1 atom stereocenters. The number of alkyl halides is 2. The fourth-order valence-electron chi connectivity index (χ4n) is 0.963. The molecule has 0 heterocycles. The summed E-state index contributed by atoms with van der Waals surface area (Å²) in [6.07, 6.45) is -0.448. The van der Waals surface area contributed by atoms with Gasteiger partial charge in [0.05, 0.1) is 6.42 Å². The Bertz CT molecular complexity index is 195. The summed E-state index contributed by atoms with van der Waals surface area (Å²) in [6, 6.07) is 0. The van der Waals surface area contributed by atoms with E-state index in [0.29, 0.717) is 0 Å². The van der Waals surface area contributed by atoms with Gasteiger partial charge in [0.25, 0.3) is 5.92 Å². The number of nitrogens with two attached hydrogens (primary N) is 1. The third-order valence-corrected chi connectivity index (χ3v) is 1.72. The van der Waals surface area contributed by atoms with E-state index in [2.05, 4.69) is 4.74 Å². The Kier molecular flexibility index (Phi) is 1.63. The Morgan fingerprint density at radius 2 is 2.18 bits per heavy atom. The van der Waals surface area contributed by atoms with Crippen molar-refractivity contribution in [1.29, 1.82) is 0 Å². The molecule has 1 unspecified atom stereocenters. The summed E-state index contributed by atoms with van der Waals surface area (Å²) in [5.74, 6) is -3.64. The highest BCUT2D eigenvalue weighted by Gasteiger charge is 2.74. The monoisotopic (exact) mass is 165 g/mol. The maximum atomic E-state index is 12.5. The van der Waals surface area contributed by atoms with Gasteiger partial charge < -0.3 is 10.5 Å². The van der Waals surface area contributed by atoms with Gasteiger partial charge in [-0.1, -0.05) is 0 Å². The van der Waals surface area contributed by atoms with Gasteiger partial charge >= 0.3 is 5.97 Å². The van der Waals surface area contributed by atoms with Crippen molar-refractivity contribution in [3.05, 3.63) is 0 Å². The molecule has 1 saturated carbocycles. The van der Waals surface area contributed by atoms with E-state index in [-0.39, 0.29) is 6.54 Å². The molecule has 0 saturated heterocycles. The van der Waals surface area contributed by atoms with Crippen LogP contribution in [-0.4, -0.2) is 24.0 Å². The van der Waals surface area contributed by atoms with Crippen molar-refractivity contribution in [2.45, 2.75) is 24.9 Å². The molecule has 11 heavy (non-hydrogen) atoms. The van der Waals surface area contributed by atoms with Crippen molar-refractivity contribution in [3.8, 4) is 0 Å². The fourth-order valence-corrected chi connectivity index (χ4v) is 0.963. The highest BCUT2D eigenvalue weighted by Crippen LogP contribution is 2.54. The summed E-state index contributed by atoms with van der Waals surface area (Å²) in [4.78, 5) is 10.3. The lowest BCUT2D eigenvalue weighted by Crippen LogP contribution is -2.33. The van der Waals surface area contributed by atoms with E-state index in [4.69, 9.17) is 5.73 Å². The Hall–Kier alpha value is -0.710. The van der Waals surface area contributed by atoms with Gasteiger partial charge in [-0.15, -0.1) is 0 Å². The van der Waals surface area contributed by atoms with E-state index in [1.807, 2.05) is 0 Å². The number of esters is 1. The largest absolute Gasteiger partial charge is 0.451 e. The SMILES string of the molecule is CC(=O)OC1(CN)CC1(F)F. The van der Waals surface area contributed by atoms with Gasteiger partial charge in [-0.05, 0) is 0 Å². The van der Waals surface area contributed by atoms with Crippen LogP contribution >= 0.6 is 0 Å². The van der Waals surface area contributed by atoms with Crippen LogP contribution in [0.2, 0.25) is 0 Å². The summed E-state index contributed by atoms with van der Waals surface area (Å²) in [5, 5.41) is 0. The Morgan fingerprint density at radius 1 is 1.73 bits per heavy atom. The standard InChI is InChI=1S/C6H9F2NO2/c1-4(10)11-5(3-9)2-6(5,7)8/h2-3,9H2,1H3. The van der Waals surface area contributed by atoms with Crippen molar-refractivity contribution in [2.24, 2.45) is 5.73 Å². The van der Waals surface area contributed by atoms with Crippen LogP contribution in [-0.2, 0) is 9.53 Å². The van der Waals surface area contributed by atoms with Gasteiger partial charge in [-0.2, -0.15) is 0 Å². The zero-order valence-electron chi connectivity index (χ0n) is 6.06. The van der Waals surface area contributed by atoms with Crippen LogP contribution in [0.15, 0.2) is 0 Å². The maximum Gasteiger partial charge on any atom is 0.303 e. The molecule has 0 aromatic carbocycles. The van der Waals surface area contributed by atoms with Gasteiger partial charge in [0.1, 0.15) is 0 Å². The molecule has 0 amide bonds. The Labute approximate surface area is 62.5 Å². The molecule has 0 aromatic heterocycles. The zero-order valence-corrected chi connectivity index (χ0v) is 6.06. The van der Waals surface area contributed by atoms with E-state index < -0.39 is 23.9 Å². The van der Waals surface area contributed by atoms with Crippen LogP contribution in [0.25, 0.3) is 0 Å². The lowest BCUT2D eigenvalue weighted by molar-refractivity contribution is -0.154. The molecule has 0 aromatic rings. The summed E-state index contributed by atoms with van der Waals surface area (Å²) in [7, 11) is 0. The van der Waals surface area contributed by atoms with Crippen molar-refractivity contribution < 1.29 is 18.3 Å². The van der Waals surface area contributed by atoms with E-state index in [0.717, 1.165) is 6.92 Å². The summed E-state index contributed by atoms with van der Waals surface area (Å²) in [5.41, 5.74) is 3.34. The second-order valence-electron chi connectivity index (χ2n) is 2.67. The van der Waals surface area contributed by atoms with Gasteiger partial charge in [0.15, 0.2) is 5.60 Å². The van der Waals surface area contributed by atoms with E-state index in [1.54, 1.807) is 0 Å². The highest BCUT2D eigenvalue weighted by molar-refractivity contribution is 5.67. The first-order valence-electron chi connectivity index (χ1n) is 3.21. The van der Waals surface area contributed by atoms with Gasteiger partial charge in [-0.25, -0.2) is 8.78 Å². The first-order valence-corrected chi connectivity index (χ1v) is 3.21. The molecule has 1 aliphatic carbocycles. The molecule has 64 valence electrons. The number of hydrogen-bond donors (Lipinski definition) is 1. The summed E-state index contributed by atoms with van der Waals surface area (Å²) in [6.45, 7) is 0.769. The minimum absolute atomic E-state index is 0.320. The zero-order chi connectivity index (χ0) is 8.70. The van der Waals surface area contributed by atoms with Crippen molar-refractivity contribution in [1.82, 2.24) is 0 Å². The number of ether oxygens (including phenoxy) is 1. The lowest BCUT2D eigenvalue weighted by Gasteiger charge is -2.12. The Balaban J connectivity index is 2.60. The van der Waals surface area contributed by atoms with Gasteiger partial charge in [0, 0.05) is 13.5 Å². The average molecular weight is 165 g/mol. The lowest BCUT2D eigenvalue weighted by atomic mass is 10.3. The van der Waals surface area contributed by atoms with Gasteiger partial charge in [-0.3, -0.25) is 4.79 Å². The molecule has 2 N–H and O–H groups in total. The minimum Gasteiger partial charge on any atom is -0.451 e. The number of rotatable bonds is 2. The van der Waals surface area contributed by atoms with Gasteiger partial charge in [0.2, 0.25) is 0 Å². The molecule has 1 rings (SSSR count). The molecule has 5 heteroatoms. The van der Waals surface area contributed by atoms with Crippen LogP contribution in [0.5, 0.6) is 0 Å². The smallest absolute Gasteiger partial charge is 0.303 e. The third-order valence-electron chi connectivity index (χ3n) is 1.72. The number of carbonyl (C=O) groups is 1. The molecule has 0 aliphatic heterocycles. The first-order chi connectivity index (χ1) is 4.93. The maximum absolute atomic E-state index is 12.5. The second-order valence-corrected chi connectivity index (χ2v) is 2.67. The topological polar surface area (TPSA) is 52.3 Å². The van der Waals surface area contributed by atoms with Crippen LogP contribution in [0.3, 0.4) is 0 Å². The van der Waals surface area contributed by atoms with Crippen molar-refractivity contribution >= 4 is 5.97 Å². The Morgan fingerprint density at radius 3 is 2.27 bits per heavy atom. The molecule has 1 fully saturated rings. The molecule has 3 nitrogen and oxygen atoms in total. The summed E-state index contributed by atoms with van der Waals surface area (Å²) < 4.78 is 29.3. The van der Waals surface area contributed by atoms with Crippen molar-refractivity contribution in [3.63, 3.8) is 0 Å². The van der Waals surface area contributed by atoms with E-state index in [9.17, 15) is 13.6 Å². The normalized spacial score (nSPS) is 33.1. The number of hydrogen-bond acceptors (Lipinski definition) is 3. The molecule has 1 aliphatic rings. The fraction of sp³-hybridized carbons (Fsp3) is 0.833. The molecule has 0 radical (unpaired) electrons. The third kappa shape index (κ3) is 1.20. The van der Waals surface area contributed by atoms with E-state index in [1.165, 1.54) is 0 Å². The molecule has 0 bridgehead atoms. The van der Waals surface area contributed by atoms with Crippen molar-refractivity contribution in [2.75, 3.05) is 6.54 Å². The predicted octanol–water partition coefficient (Wildman–Crippen LogP) is 0.286.